The minimum Gasteiger partial charge on any atom is -0.383 e. The predicted octanol–water partition coefficient (Wildman–Crippen LogP) is 0.709. The molecule has 0 saturated carbocycles. The summed E-state index contributed by atoms with van der Waals surface area (Å²) in [6, 6.07) is 0. The van der Waals surface area contributed by atoms with Gasteiger partial charge in [-0.15, -0.1) is 0 Å². The number of nitrogens with two attached hydrogens (primary N) is 1. The van der Waals surface area contributed by atoms with Crippen LogP contribution in [0.4, 0.5) is 0 Å². The van der Waals surface area contributed by atoms with E-state index in [1.165, 1.54) is 12.8 Å². The molecule has 1 saturated heterocycles. The normalized spacial score (nSPS) is 25.7. The van der Waals surface area contributed by atoms with Gasteiger partial charge in [0.2, 0.25) is 0 Å². The van der Waals surface area contributed by atoms with Gasteiger partial charge in [0.25, 0.3) is 0 Å². The van der Waals surface area contributed by atoms with Crippen molar-refractivity contribution in [2.24, 2.45) is 11.7 Å². The number of hydrogen-bond donors (Lipinski definition) is 1. The van der Waals surface area contributed by atoms with Crippen LogP contribution in [0.25, 0.3) is 0 Å². The Kier molecular flexibility index (Phi) is 5.69. The van der Waals surface area contributed by atoms with E-state index in [2.05, 4.69) is 18.9 Å². The van der Waals surface area contributed by atoms with Gasteiger partial charge < -0.3 is 15.2 Å². The fourth-order valence-electron chi connectivity index (χ4n) is 2.19. The molecule has 0 radical (unpaired) electrons. The van der Waals surface area contributed by atoms with Crippen LogP contribution in [0.5, 0.6) is 0 Å². The van der Waals surface area contributed by atoms with Crippen LogP contribution in [0.3, 0.4) is 0 Å². The highest BCUT2D eigenvalue weighted by Gasteiger charge is 2.29. The quantitative estimate of drug-likeness (QED) is 0.730. The summed E-state index contributed by atoms with van der Waals surface area (Å²) in [6.07, 6.45) is 2.44. The van der Waals surface area contributed by atoms with Crippen molar-refractivity contribution in [3.63, 3.8) is 0 Å². The van der Waals surface area contributed by atoms with Crippen molar-refractivity contribution in [2.75, 3.05) is 47.1 Å². The third-order valence-corrected chi connectivity index (χ3v) is 3.60. The fraction of sp³-hybridized carbons (Fsp3) is 1.00. The Morgan fingerprint density at radius 1 is 1.56 bits per heavy atom. The van der Waals surface area contributed by atoms with Crippen molar-refractivity contribution < 1.29 is 9.47 Å². The zero-order chi connectivity index (χ0) is 12.0. The Labute approximate surface area is 99.1 Å². The van der Waals surface area contributed by atoms with Gasteiger partial charge in [-0.2, -0.15) is 0 Å². The van der Waals surface area contributed by atoms with E-state index in [0.29, 0.717) is 19.1 Å². The third-order valence-electron chi connectivity index (χ3n) is 3.60. The van der Waals surface area contributed by atoms with Gasteiger partial charge in [0.1, 0.15) is 0 Å². The number of likely N-dealkylation sites (N-methyl/N-ethyl adjacent to an activating group) is 1. The molecular weight excluding hydrogens is 204 g/mol. The van der Waals surface area contributed by atoms with Crippen molar-refractivity contribution in [3.8, 4) is 0 Å². The zero-order valence-corrected chi connectivity index (χ0v) is 10.9. The number of methoxy groups -OCH3 is 1. The molecule has 1 fully saturated rings. The molecule has 4 nitrogen and oxygen atoms in total. The number of nitrogens with zero attached hydrogens (tertiary/aromatic N) is 1. The molecule has 0 aromatic carbocycles. The van der Waals surface area contributed by atoms with E-state index in [1.807, 2.05) is 0 Å². The van der Waals surface area contributed by atoms with Gasteiger partial charge in [0.05, 0.1) is 18.8 Å². The summed E-state index contributed by atoms with van der Waals surface area (Å²) in [7, 11) is 3.85. The van der Waals surface area contributed by atoms with Crippen LogP contribution in [0, 0.1) is 5.92 Å². The molecule has 0 aliphatic carbocycles. The topological polar surface area (TPSA) is 47.7 Å². The lowest BCUT2D eigenvalue weighted by atomic mass is 9.96. The average Bonchev–Trinajstić information content (AvgIpc) is 2.30. The van der Waals surface area contributed by atoms with Gasteiger partial charge in [0.15, 0.2) is 0 Å². The fourth-order valence-corrected chi connectivity index (χ4v) is 2.19. The minimum atomic E-state index is -0.0633. The van der Waals surface area contributed by atoms with E-state index in [9.17, 15) is 0 Å². The lowest BCUT2D eigenvalue weighted by molar-refractivity contribution is 0.000645. The van der Waals surface area contributed by atoms with E-state index < -0.39 is 0 Å². The molecule has 1 heterocycles. The van der Waals surface area contributed by atoms with Crippen LogP contribution in [-0.2, 0) is 9.47 Å². The van der Waals surface area contributed by atoms with Crippen molar-refractivity contribution >= 4 is 0 Å². The highest BCUT2D eigenvalue weighted by molar-refractivity contribution is 4.86. The standard InChI is InChI=1S/C12H26N2O2/c1-12(9-13,10-15-3)14(2)7-11-5-4-6-16-8-11/h11H,4-10,13H2,1-3H3. The zero-order valence-electron chi connectivity index (χ0n) is 10.9. The molecule has 1 aliphatic heterocycles. The molecule has 2 atom stereocenters. The lowest BCUT2D eigenvalue weighted by Crippen LogP contribution is -2.54. The van der Waals surface area contributed by atoms with Gasteiger partial charge in [-0.25, -0.2) is 0 Å². The average molecular weight is 230 g/mol. The van der Waals surface area contributed by atoms with Crippen molar-refractivity contribution in [1.82, 2.24) is 4.90 Å². The summed E-state index contributed by atoms with van der Waals surface area (Å²) in [4.78, 5) is 2.32. The first kappa shape index (κ1) is 13.9. The van der Waals surface area contributed by atoms with Crippen LogP contribution in [0.2, 0.25) is 0 Å². The van der Waals surface area contributed by atoms with Gasteiger partial charge in [-0.3, -0.25) is 4.90 Å². The Balaban J connectivity index is 2.44. The Bertz CT molecular complexity index is 195. The van der Waals surface area contributed by atoms with Crippen molar-refractivity contribution in [3.05, 3.63) is 0 Å². The molecule has 0 amide bonds. The minimum absolute atomic E-state index is 0.0633. The molecule has 2 unspecified atom stereocenters. The van der Waals surface area contributed by atoms with Crippen molar-refractivity contribution in [1.29, 1.82) is 0 Å². The molecule has 2 N–H and O–H groups in total. The molecule has 96 valence electrons. The molecule has 1 aliphatic rings. The molecule has 0 bridgehead atoms. The van der Waals surface area contributed by atoms with E-state index in [4.69, 9.17) is 15.2 Å². The van der Waals surface area contributed by atoms with E-state index in [1.54, 1.807) is 7.11 Å². The molecular formula is C12H26N2O2. The molecule has 16 heavy (non-hydrogen) atoms. The first-order valence-electron chi connectivity index (χ1n) is 6.10. The third kappa shape index (κ3) is 3.70. The van der Waals surface area contributed by atoms with E-state index in [-0.39, 0.29) is 5.54 Å². The number of ether oxygens (including phenoxy) is 2. The van der Waals surface area contributed by atoms with Gasteiger partial charge in [-0.1, -0.05) is 0 Å². The SMILES string of the molecule is COCC(C)(CN)N(C)CC1CCCOC1. The molecule has 0 aromatic rings. The highest BCUT2D eigenvalue weighted by atomic mass is 16.5. The lowest BCUT2D eigenvalue weighted by Gasteiger charge is -2.40. The molecule has 1 rings (SSSR count). The van der Waals surface area contributed by atoms with Gasteiger partial charge >= 0.3 is 0 Å². The predicted molar refractivity (Wildman–Crippen MR) is 65.5 cm³/mol. The second kappa shape index (κ2) is 6.55. The summed E-state index contributed by atoms with van der Waals surface area (Å²) in [5.74, 6) is 0.640. The Hall–Kier alpha value is -0.160. The largest absolute Gasteiger partial charge is 0.383 e. The smallest absolute Gasteiger partial charge is 0.0656 e. The van der Waals surface area contributed by atoms with Crippen LogP contribution < -0.4 is 5.73 Å². The number of hydrogen-bond acceptors (Lipinski definition) is 4. The molecule has 0 spiro atoms. The van der Waals surface area contributed by atoms with Crippen LogP contribution in [0.15, 0.2) is 0 Å². The summed E-state index contributed by atoms with van der Waals surface area (Å²) in [6.45, 7) is 6.29. The maximum absolute atomic E-state index is 5.85. The Morgan fingerprint density at radius 3 is 2.81 bits per heavy atom. The monoisotopic (exact) mass is 230 g/mol. The maximum Gasteiger partial charge on any atom is 0.0656 e. The van der Waals surface area contributed by atoms with Crippen LogP contribution in [0.1, 0.15) is 19.8 Å². The highest BCUT2D eigenvalue weighted by Crippen LogP contribution is 2.19. The molecule has 0 aromatic heterocycles. The second-order valence-electron chi connectivity index (χ2n) is 5.10. The van der Waals surface area contributed by atoms with Gasteiger partial charge in [-0.05, 0) is 32.7 Å². The maximum atomic E-state index is 5.85. The van der Waals surface area contributed by atoms with Gasteiger partial charge in [0, 0.05) is 26.8 Å². The van der Waals surface area contributed by atoms with Crippen LogP contribution >= 0.6 is 0 Å². The first-order chi connectivity index (χ1) is 7.62. The number of rotatable bonds is 6. The van der Waals surface area contributed by atoms with Crippen LogP contribution in [-0.4, -0.2) is 57.5 Å². The second-order valence-corrected chi connectivity index (χ2v) is 5.10. The Morgan fingerprint density at radius 2 is 2.31 bits per heavy atom. The van der Waals surface area contributed by atoms with E-state index >= 15 is 0 Å². The van der Waals surface area contributed by atoms with Crippen molar-refractivity contribution in [2.45, 2.75) is 25.3 Å². The summed E-state index contributed by atoms with van der Waals surface area (Å²) < 4.78 is 10.8. The first-order valence-corrected chi connectivity index (χ1v) is 6.10. The van der Waals surface area contributed by atoms with E-state index in [0.717, 1.165) is 19.8 Å². The summed E-state index contributed by atoms with van der Waals surface area (Å²) in [5.41, 5.74) is 5.78. The summed E-state index contributed by atoms with van der Waals surface area (Å²) in [5, 5.41) is 0. The molecule has 4 heteroatoms. The summed E-state index contributed by atoms with van der Waals surface area (Å²) >= 11 is 0.